The zero-order valence-corrected chi connectivity index (χ0v) is 26.5. The quantitative estimate of drug-likeness (QED) is 0.271. The van der Waals surface area contributed by atoms with Gasteiger partial charge in [-0.05, 0) is 55.2 Å². The summed E-state index contributed by atoms with van der Waals surface area (Å²) < 4.78 is 31.5. The molecule has 0 aromatic heterocycles. The van der Waals surface area contributed by atoms with Gasteiger partial charge in [0, 0.05) is 11.6 Å². The van der Waals surface area contributed by atoms with Crippen LogP contribution in [0.25, 0.3) is 5.76 Å². The summed E-state index contributed by atoms with van der Waals surface area (Å²) in [6.45, 7) is 8.09. The van der Waals surface area contributed by atoms with Crippen molar-refractivity contribution >= 4 is 39.7 Å². The van der Waals surface area contributed by atoms with Crippen LogP contribution in [0.5, 0.6) is 5.75 Å². The molecule has 0 unspecified atom stereocenters. The third-order valence-electron chi connectivity index (χ3n) is 7.23. The number of nitrogens with one attached hydrogen (secondary N) is 1. The Hall–Kier alpha value is -2.34. The first-order valence-electron chi connectivity index (χ1n) is 13.1. The monoisotopic (exact) mass is 579 g/mol. The Morgan fingerprint density at radius 3 is 2.33 bits per heavy atom. The number of ketones is 1. The molecule has 4 rings (SSSR count). The average molecular weight is 580 g/mol. The molecule has 9 nitrogen and oxygen atoms in total. The van der Waals surface area contributed by atoms with Crippen LogP contribution < -0.4 is 45.3 Å². The van der Waals surface area contributed by atoms with Crippen LogP contribution in [0.3, 0.4) is 0 Å². The fourth-order valence-corrected chi connectivity index (χ4v) is 6.31. The second-order valence-electron chi connectivity index (χ2n) is 11.0. The van der Waals surface area contributed by atoms with Crippen molar-refractivity contribution in [1.82, 2.24) is 0 Å². The van der Waals surface area contributed by atoms with Crippen molar-refractivity contribution in [2.24, 2.45) is 22.0 Å². The molecule has 0 saturated carbocycles. The first kappa shape index (κ1) is 32.2. The number of carbonyl (C=O) groups excluding carboxylic acids is 2. The topological polar surface area (TPSA) is 154 Å². The molecule has 212 valence electrons. The predicted molar refractivity (Wildman–Crippen MR) is 155 cm³/mol. The van der Waals surface area contributed by atoms with Crippen LogP contribution in [0, 0.1) is 11.8 Å². The van der Waals surface area contributed by atoms with E-state index in [0.29, 0.717) is 35.9 Å². The summed E-state index contributed by atoms with van der Waals surface area (Å²) in [6.07, 6.45) is 2.78. The van der Waals surface area contributed by atoms with E-state index in [1.807, 2.05) is 18.2 Å². The van der Waals surface area contributed by atoms with Gasteiger partial charge in [-0.25, -0.2) is 0 Å². The Labute approximate surface area is 260 Å². The van der Waals surface area contributed by atoms with E-state index < -0.39 is 22.1 Å². The van der Waals surface area contributed by atoms with Crippen molar-refractivity contribution in [3.63, 3.8) is 0 Å². The van der Waals surface area contributed by atoms with Crippen molar-refractivity contribution in [2.45, 2.75) is 63.7 Å². The normalized spacial score (nSPS) is 17.8. The maximum Gasteiger partial charge on any atom is 1.00 e. The molecule has 0 saturated heterocycles. The molecule has 1 heterocycles. The van der Waals surface area contributed by atoms with E-state index in [1.54, 1.807) is 6.07 Å². The number of amides is 1. The number of benzene rings is 2. The number of hydrogen-bond donors (Lipinski definition) is 5. The second kappa shape index (κ2) is 12.7. The van der Waals surface area contributed by atoms with Crippen LogP contribution in [0.15, 0.2) is 57.3 Å². The van der Waals surface area contributed by atoms with Gasteiger partial charge in [0.15, 0.2) is 18.2 Å². The molecule has 0 atom stereocenters. The van der Waals surface area contributed by atoms with Crippen molar-refractivity contribution in [2.75, 3.05) is 11.9 Å². The summed E-state index contributed by atoms with van der Waals surface area (Å²) in [5.41, 5.74) is 5.82. The zero-order valence-electron chi connectivity index (χ0n) is 24.7. The van der Waals surface area contributed by atoms with Gasteiger partial charge in [0.25, 0.3) is 5.91 Å². The fourth-order valence-electron chi connectivity index (χ4n) is 5.13. The minimum Gasteiger partial charge on any atom is -1.00 e. The number of aliphatic hydroxyl groups is 1. The third kappa shape index (κ3) is 6.42. The van der Waals surface area contributed by atoms with Gasteiger partial charge in [0.05, 0.1) is 11.1 Å². The third-order valence-corrected chi connectivity index (χ3v) is 8.60. The van der Waals surface area contributed by atoms with Crippen LogP contribution in [-0.2, 0) is 15.0 Å². The van der Waals surface area contributed by atoms with Crippen molar-refractivity contribution in [3.05, 3.63) is 59.2 Å². The largest absolute Gasteiger partial charge is 1.00 e. The summed E-state index contributed by atoms with van der Waals surface area (Å²) in [4.78, 5) is 25.6. The van der Waals surface area contributed by atoms with Crippen LogP contribution in [0.2, 0.25) is 0 Å². The number of fused-ring (bicyclic) bond motifs is 2. The van der Waals surface area contributed by atoms with E-state index >= 15 is 0 Å². The summed E-state index contributed by atoms with van der Waals surface area (Å²) in [5, 5.41) is 14.5. The number of Topliss-reactive ketones (excluding diaryl/α,β-unsaturated/α-hetero) is 1. The first-order valence-corrected chi connectivity index (χ1v) is 14.6. The van der Waals surface area contributed by atoms with E-state index in [0.717, 1.165) is 18.4 Å². The molecule has 1 aliphatic heterocycles. The molecule has 0 fully saturated rings. The summed E-state index contributed by atoms with van der Waals surface area (Å²) in [7, 11) is -3.78. The minimum atomic E-state index is -3.78. The van der Waals surface area contributed by atoms with E-state index in [9.17, 15) is 23.8 Å². The molecule has 1 amide bonds. The minimum absolute atomic E-state index is 0. The van der Waals surface area contributed by atoms with Crippen LogP contribution >= 0.6 is 10.8 Å². The number of carbonyl (C=O) groups is 2. The standard InChI is InChI=1S/C29H37N3O6S.Na.H/c1-17(2)11-13-29(14-12-18(3)4)21-8-6-5-7-20(21)26(34)25(27(29)35)28-31-22-10-9-19(38-16-24(30)33)15-23(22)39(36,37)32-28;;/h5-10,15,17-18,34,36-37H,11-14,16H2,1-4H3,(H2,30,33)(H,31,32);;/q;+1;-1. The number of amidine groups is 1. The van der Waals surface area contributed by atoms with Gasteiger partial charge >= 0.3 is 29.6 Å². The molecule has 40 heavy (non-hydrogen) atoms. The molecular weight excluding hydrogens is 541 g/mol. The Morgan fingerprint density at radius 1 is 1.10 bits per heavy atom. The van der Waals surface area contributed by atoms with Gasteiger partial charge in [0.2, 0.25) is 0 Å². The van der Waals surface area contributed by atoms with Gasteiger partial charge in [-0.3, -0.25) is 18.7 Å². The Morgan fingerprint density at radius 2 is 1.73 bits per heavy atom. The molecule has 6 N–H and O–H groups in total. The second-order valence-corrected chi connectivity index (χ2v) is 12.7. The Kier molecular flexibility index (Phi) is 10.2. The van der Waals surface area contributed by atoms with Gasteiger partial charge < -0.3 is 22.3 Å². The van der Waals surface area contributed by atoms with E-state index in [2.05, 4.69) is 37.4 Å². The molecule has 1 aliphatic carbocycles. The molecule has 2 aromatic carbocycles. The predicted octanol–water partition coefficient (Wildman–Crippen LogP) is 3.18. The number of anilines is 1. The van der Waals surface area contributed by atoms with E-state index in [-0.39, 0.29) is 71.2 Å². The van der Waals surface area contributed by atoms with Crippen molar-refractivity contribution < 1.29 is 59.5 Å². The summed E-state index contributed by atoms with van der Waals surface area (Å²) in [6, 6.07) is 11.8. The Bertz CT molecular complexity index is 1350. The number of aliphatic hydroxyl groups excluding tert-OH is 1. The number of rotatable bonds is 10. The maximum absolute atomic E-state index is 14.5. The summed E-state index contributed by atoms with van der Waals surface area (Å²) in [5.74, 6) is -0.367. The number of primary amides is 1. The molecule has 0 bridgehead atoms. The molecule has 2 aromatic rings. The van der Waals surface area contributed by atoms with E-state index in [4.69, 9.17) is 10.5 Å². The number of nitrogens with two attached hydrogens (primary N) is 1. The molecule has 2 aliphatic rings. The smallest absolute Gasteiger partial charge is 1.00 e. The Balaban J connectivity index is 0.00000294. The van der Waals surface area contributed by atoms with Crippen LogP contribution in [0.1, 0.15) is 65.9 Å². The molecular formula is C29H38N3NaO6S. The maximum atomic E-state index is 14.5. The van der Waals surface area contributed by atoms with Crippen molar-refractivity contribution in [3.8, 4) is 5.75 Å². The van der Waals surface area contributed by atoms with Gasteiger partial charge in [-0.15, -0.1) is 4.40 Å². The number of nitrogens with zero attached hydrogens (tertiary/aromatic N) is 1. The molecule has 11 heteroatoms. The zero-order chi connectivity index (χ0) is 28.5. The van der Waals surface area contributed by atoms with Crippen LogP contribution in [-0.4, -0.2) is 38.3 Å². The molecule has 0 spiro atoms. The molecule has 0 radical (unpaired) electrons. The number of ether oxygens (including phenoxy) is 1. The fraction of sp³-hybridized carbons (Fsp3) is 0.414. The summed E-state index contributed by atoms with van der Waals surface area (Å²) >= 11 is 0. The average Bonchev–Trinajstić information content (AvgIpc) is 2.87. The van der Waals surface area contributed by atoms with Gasteiger partial charge in [0.1, 0.15) is 22.0 Å². The van der Waals surface area contributed by atoms with Crippen LogP contribution in [0.4, 0.5) is 5.69 Å². The van der Waals surface area contributed by atoms with E-state index in [1.165, 1.54) is 18.2 Å². The van der Waals surface area contributed by atoms with Gasteiger partial charge in [-0.2, -0.15) is 0 Å². The number of hydrogen-bond acceptors (Lipinski definition) is 8. The van der Waals surface area contributed by atoms with Gasteiger partial charge in [-0.1, -0.05) is 62.7 Å². The first-order chi connectivity index (χ1) is 18.4. The van der Waals surface area contributed by atoms with Crippen molar-refractivity contribution in [1.29, 1.82) is 0 Å². The SMILES string of the molecule is CC(C)CCC1(CCC(C)C)C(=O)C(C2=NS(O)(O)c3cc(OCC(N)=O)ccc3N2)=C(O)c2ccccc21.[H-].[Na+].